The molecule has 0 fully saturated rings. The van der Waals surface area contributed by atoms with Crippen molar-refractivity contribution >= 4 is 15.7 Å². The smallest absolute Gasteiger partial charge is 0.261 e. The Bertz CT molecular complexity index is 1640. The molecule has 0 radical (unpaired) electrons. The van der Waals surface area contributed by atoms with E-state index in [1.54, 1.807) is 61.1 Å². The molecule has 11 heteroatoms. The Balaban J connectivity index is 1.14. The molecule has 9 nitrogen and oxygen atoms in total. The minimum Gasteiger partial charge on any atom is -0.387 e. The first-order valence-corrected chi connectivity index (χ1v) is 14.0. The van der Waals surface area contributed by atoms with Gasteiger partial charge in [-0.2, -0.15) is 9.90 Å². The first-order chi connectivity index (χ1) is 19.4. The quantitative estimate of drug-likeness (QED) is 0.208. The van der Waals surface area contributed by atoms with Crippen LogP contribution < -0.4 is 10.0 Å². The average Bonchev–Trinajstić information content (AvgIpc) is 3.47. The Kier molecular flexibility index (Phi) is 8.25. The van der Waals surface area contributed by atoms with E-state index in [4.69, 9.17) is 0 Å². The fraction of sp³-hybridized carbons (Fsp3) is 0.138. The van der Waals surface area contributed by atoms with Crippen LogP contribution in [0, 0.1) is 5.82 Å². The maximum absolute atomic E-state index is 13.2. The van der Waals surface area contributed by atoms with Gasteiger partial charge in [0.05, 0.1) is 22.9 Å². The number of nitrogens with zero attached hydrogens (tertiary/aromatic N) is 4. The highest BCUT2D eigenvalue weighted by molar-refractivity contribution is 7.92. The Morgan fingerprint density at radius 1 is 0.925 bits per heavy atom. The number of aliphatic hydroxyl groups excluding tert-OH is 1. The fourth-order valence-corrected chi connectivity index (χ4v) is 5.07. The molecule has 3 aromatic carbocycles. The zero-order chi connectivity index (χ0) is 28.0. The van der Waals surface area contributed by atoms with Crippen molar-refractivity contribution in [2.45, 2.75) is 17.4 Å². The van der Waals surface area contributed by atoms with Gasteiger partial charge in [0.15, 0.2) is 0 Å². The standard InChI is InChI=1S/C29H27FN6O3S/c30-24-7-5-22(6-8-24)28-19-33-36(34-28)26-11-13-27(14-12-26)40(38,39)35-25-9-3-21(4-10-25)15-17-32-20-29(37)23-2-1-16-31-18-23/h1-14,16,18-19,29,32,35,37H,15,17,20H2/t29-/m0/s1. The third kappa shape index (κ3) is 6.75. The van der Waals surface area contributed by atoms with Gasteiger partial charge in [0.2, 0.25) is 0 Å². The van der Waals surface area contributed by atoms with Crippen LogP contribution >= 0.6 is 0 Å². The highest BCUT2D eigenvalue weighted by Crippen LogP contribution is 2.20. The van der Waals surface area contributed by atoms with E-state index >= 15 is 0 Å². The molecule has 5 rings (SSSR count). The minimum atomic E-state index is -3.80. The Morgan fingerprint density at radius 3 is 2.38 bits per heavy atom. The summed E-state index contributed by atoms with van der Waals surface area (Å²) in [4.78, 5) is 5.50. The van der Waals surface area contributed by atoms with Gasteiger partial charge in [-0.15, -0.1) is 5.10 Å². The maximum Gasteiger partial charge on any atom is 0.261 e. The molecule has 0 aliphatic heterocycles. The molecule has 0 bridgehead atoms. The number of anilines is 1. The van der Waals surface area contributed by atoms with Gasteiger partial charge in [0.25, 0.3) is 10.0 Å². The number of aromatic nitrogens is 4. The van der Waals surface area contributed by atoms with Crippen LogP contribution in [0.2, 0.25) is 0 Å². The van der Waals surface area contributed by atoms with Crippen LogP contribution in [0.25, 0.3) is 16.9 Å². The summed E-state index contributed by atoms with van der Waals surface area (Å²) < 4.78 is 41.6. The number of hydrogen-bond acceptors (Lipinski definition) is 7. The summed E-state index contributed by atoms with van der Waals surface area (Å²) in [5.74, 6) is -0.334. The third-order valence-corrected chi connectivity index (χ3v) is 7.61. The zero-order valence-electron chi connectivity index (χ0n) is 21.4. The lowest BCUT2D eigenvalue weighted by Crippen LogP contribution is -2.23. The first kappa shape index (κ1) is 27.1. The number of rotatable bonds is 11. The Labute approximate surface area is 231 Å². The van der Waals surface area contributed by atoms with Crippen molar-refractivity contribution in [2.24, 2.45) is 0 Å². The zero-order valence-corrected chi connectivity index (χ0v) is 22.2. The van der Waals surface area contributed by atoms with Crippen molar-refractivity contribution in [1.82, 2.24) is 25.3 Å². The largest absolute Gasteiger partial charge is 0.387 e. The van der Waals surface area contributed by atoms with Crippen LogP contribution in [-0.4, -0.2) is 46.6 Å². The minimum absolute atomic E-state index is 0.0996. The molecule has 0 spiro atoms. The molecule has 0 amide bonds. The topological polar surface area (TPSA) is 122 Å². The number of benzene rings is 3. The van der Waals surface area contributed by atoms with Gasteiger partial charge < -0.3 is 10.4 Å². The second kappa shape index (κ2) is 12.2. The summed E-state index contributed by atoms with van der Waals surface area (Å²) in [5.41, 5.74) is 4.11. The molecule has 0 unspecified atom stereocenters. The molecule has 2 aromatic heterocycles. The van der Waals surface area contributed by atoms with Crippen LogP contribution in [0.3, 0.4) is 0 Å². The lowest BCUT2D eigenvalue weighted by Gasteiger charge is -2.12. The van der Waals surface area contributed by atoms with E-state index in [-0.39, 0.29) is 10.7 Å². The van der Waals surface area contributed by atoms with Crippen LogP contribution in [0.5, 0.6) is 0 Å². The van der Waals surface area contributed by atoms with Crippen molar-refractivity contribution in [2.75, 3.05) is 17.8 Å². The first-order valence-electron chi connectivity index (χ1n) is 12.6. The van der Waals surface area contributed by atoms with E-state index < -0.39 is 16.1 Å². The number of sulfonamides is 1. The molecule has 0 aliphatic rings. The van der Waals surface area contributed by atoms with E-state index in [0.717, 1.165) is 23.1 Å². The molecular formula is C29H27FN6O3S. The summed E-state index contributed by atoms with van der Waals surface area (Å²) in [6, 6.07) is 22.9. The van der Waals surface area contributed by atoms with Crippen molar-refractivity contribution in [3.63, 3.8) is 0 Å². The summed E-state index contributed by atoms with van der Waals surface area (Å²) >= 11 is 0. The van der Waals surface area contributed by atoms with Crippen molar-refractivity contribution < 1.29 is 17.9 Å². The van der Waals surface area contributed by atoms with Gasteiger partial charge in [-0.25, -0.2) is 12.8 Å². The van der Waals surface area contributed by atoms with Crippen LogP contribution in [0.4, 0.5) is 10.1 Å². The lowest BCUT2D eigenvalue weighted by molar-refractivity contribution is 0.174. The summed E-state index contributed by atoms with van der Waals surface area (Å²) in [6.07, 6.45) is 4.96. The van der Waals surface area contributed by atoms with Crippen LogP contribution in [0.1, 0.15) is 17.2 Å². The molecule has 3 N–H and O–H groups in total. The molecule has 40 heavy (non-hydrogen) atoms. The molecule has 0 saturated heterocycles. The Hall–Kier alpha value is -4.45. The summed E-state index contributed by atoms with van der Waals surface area (Å²) in [7, 11) is -3.80. The maximum atomic E-state index is 13.2. The van der Waals surface area contributed by atoms with E-state index in [1.165, 1.54) is 29.1 Å². The number of hydrogen-bond donors (Lipinski definition) is 3. The molecule has 204 valence electrons. The van der Waals surface area contributed by atoms with Crippen molar-refractivity contribution in [3.05, 3.63) is 120 Å². The van der Waals surface area contributed by atoms with Gasteiger partial charge in [0, 0.05) is 35.8 Å². The number of nitrogens with one attached hydrogen (secondary N) is 2. The number of halogens is 1. The molecule has 0 saturated carbocycles. The Morgan fingerprint density at radius 2 is 1.68 bits per heavy atom. The van der Waals surface area contributed by atoms with Crippen LogP contribution in [0.15, 0.2) is 108 Å². The lowest BCUT2D eigenvalue weighted by atomic mass is 10.1. The highest BCUT2D eigenvalue weighted by Gasteiger charge is 2.15. The summed E-state index contributed by atoms with van der Waals surface area (Å²) in [6.45, 7) is 1.07. The second-order valence-corrected chi connectivity index (χ2v) is 10.8. The fourth-order valence-electron chi connectivity index (χ4n) is 4.01. The molecular weight excluding hydrogens is 531 g/mol. The predicted octanol–water partition coefficient (Wildman–Crippen LogP) is 4.13. The summed E-state index contributed by atoms with van der Waals surface area (Å²) in [5, 5.41) is 22.0. The molecule has 1 atom stereocenters. The predicted molar refractivity (Wildman–Crippen MR) is 150 cm³/mol. The van der Waals surface area contributed by atoms with Gasteiger partial charge in [-0.05, 0) is 85.3 Å². The van der Waals surface area contributed by atoms with Gasteiger partial charge in [-0.3, -0.25) is 9.71 Å². The SMILES string of the molecule is O=S(=O)(Nc1ccc(CCNC[C@H](O)c2cccnc2)cc1)c1ccc(-n2ncc(-c3ccc(F)cc3)n2)cc1. The van der Waals surface area contributed by atoms with Gasteiger partial charge >= 0.3 is 0 Å². The van der Waals surface area contributed by atoms with E-state index in [2.05, 4.69) is 25.2 Å². The van der Waals surface area contributed by atoms with E-state index in [9.17, 15) is 17.9 Å². The molecule has 5 aromatic rings. The monoisotopic (exact) mass is 558 g/mol. The van der Waals surface area contributed by atoms with Crippen molar-refractivity contribution in [1.29, 1.82) is 0 Å². The van der Waals surface area contributed by atoms with E-state index in [1.807, 2.05) is 18.2 Å². The number of pyridine rings is 1. The van der Waals surface area contributed by atoms with E-state index in [0.29, 0.717) is 30.2 Å². The third-order valence-electron chi connectivity index (χ3n) is 6.21. The van der Waals surface area contributed by atoms with Gasteiger partial charge in [0.1, 0.15) is 11.5 Å². The normalized spacial score (nSPS) is 12.2. The molecule has 0 aliphatic carbocycles. The average molecular weight is 559 g/mol. The van der Waals surface area contributed by atoms with Gasteiger partial charge in [-0.1, -0.05) is 18.2 Å². The number of aliphatic hydroxyl groups is 1. The molecule has 2 heterocycles. The highest BCUT2D eigenvalue weighted by atomic mass is 32.2. The van der Waals surface area contributed by atoms with Crippen LogP contribution in [-0.2, 0) is 16.4 Å². The van der Waals surface area contributed by atoms with Crippen molar-refractivity contribution in [3.8, 4) is 16.9 Å². The second-order valence-electron chi connectivity index (χ2n) is 9.08.